The number of carboxylic acids is 1. The van der Waals surface area contributed by atoms with Crippen molar-refractivity contribution < 1.29 is 19.1 Å². The minimum absolute atomic E-state index is 0.0134. The highest BCUT2D eigenvalue weighted by molar-refractivity contribution is 5.80. The zero-order valence-electron chi connectivity index (χ0n) is 9.84. The smallest absolute Gasteiger partial charge is 0.303 e. The first-order valence-electron chi connectivity index (χ1n) is 5.53. The van der Waals surface area contributed by atoms with E-state index in [1.165, 1.54) is 0 Å². The predicted molar refractivity (Wildman–Crippen MR) is 59.3 cm³/mol. The molecule has 1 amide bonds. The molecule has 2 heterocycles. The molecule has 5 nitrogen and oxygen atoms in total. The molecule has 0 bridgehead atoms. The molecule has 0 aliphatic carbocycles. The SMILES string of the molecule is Cc1ccc([C@@H]2[C@@H](CC(=O)O)CC(=O)N2C)o1. The Morgan fingerprint density at radius 3 is 2.82 bits per heavy atom. The van der Waals surface area contributed by atoms with Crippen molar-refractivity contribution in [1.29, 1.82) is 0 Å². The molecule has 1 fully saturated rings. The number of carbonyl (C=O) groups is 2. The van der Waals surface area contributed by atoms with Gasteiger partial charge in [0, 0.05) is 19.4 Å². The molecule has 2 rings (SSSR count). The van der Waals surface area contributed by atoms with Crippen LogP contribution in [0.25, 0.3) is 0 Å². The minimum atomic E-state index is -0.883. The quantitative estimate of drug-likeness (QED) is 0.866. The molecule has 1 saturated heterocycles. The standard InChI is InChI=1S/C12H15NO4/c1-7-3-4-9(17-7)12-8(6-11(15)16)5-10(14)13(12)2/h3-4,8,12H,5-6H2,1-2H3,(H,15,16)/t8-,12+/m1/s1. The molecular formula is C12H15NO4. The monoisotopic (exact) mass is 237 g/mol. The van der Waals surface area contributed by atoms with Gasteiger partial charge in [0.05, 0.1) is 12.5 Å². The van der Waals surface area contributed by atoms with E-state index in [0.717, 1.165) is 5.76 Å². The third kappa shape index (κ3) is 2.18. The summed E-state index contributed by atoms with van der Waals surface area (Å²) in [4.78, 5) is 24.0. The molecule has 1 aromatic heterocycles. The largest absolute Gasteiger partial charge is 0.481 e. The summed E-state index contributed by atoms with van der Waals surface area (Å²) >= 11 is 0. The first-order valence-corrected chi connectivity index (χ1v) is 5.53. The molecule has 1 aliphatic rings. The fourth-order valence-electron chi connectivity index (χ4n) is 2.39. The summed E-state index contributed by atoms with van der Waals surface area (Å²) in [6.07, 6.45) is 0.258. The number of carboxylic acid groups (broad SMARTS) is 1. The van der Waals surface area contributed by atoms with Gasteiger partial charge in [-0.1, -0.05) is 0 Å². The van der Waals surface area contributed by atoms with Gasteiger partial charge in [0.1, 0.15) is 11.5 Å². The van der Waals surface area contributed by atoms with Crippen molar-refractivity contribution in [1.82, 2.24) is 4.90 Å². The summed E-state index contributed by atoms with van der Waals surface area (Å²) in [7, 11) is 1.69. The van der Waals surface area contributed by atoms with Crippen molar-refractivity contribution in [2.24, 2.45) is 5.92 Å². The lowest BCUT2D eigenvalue weighted by Gasteiger charge is -2.21. The number of hydrogen-bond donors (Lipinski definition) is 1. The fraction of sp³-hybridized carbons (Fsp3) is 0.500. The van der Waals surface area contributed by atoms with Gasteiger partial charge in [-0.25, -0.2) is 0 Å². The summed E-state index contributed by atoms with van der Waals surface area (Å²) in [5.41, 5.74) is 0. The molecule has 0 saturated carbocycles. The Kier molecular flexibility index (Phi) is 2.92. The van der Waals surface area contributed by atoms with E-state index in [9.17, 15) is 9.59 Å². The molecule has 0 radical (unpaired) electrons. The maximum Gasteiger partial charge on any atom is 0.303 e. The molecule has 92 valence electrons. The molecular weight excluding hydrogens is 222 g/mol. The van der Waals surface area contributed by atoms with E-state index in [4.69, 9.17) is 9.52 Å². The zero-order chi connectivity index (χ0) is 12.6. The van der Waals surface area contributed by atoms with Crippen LogP contribution in [0.4, 0.5) is 0 Å². The highest BCUT2D eigenvalue weighted by atomic mass is 16.4. The number of carbonyl (C=O) groups excluding carboxylic acids is 1. The van der Waals surface area contributed by atoms with Crippen LogP contribution in [-0.2, 0) is 9.59 Å². The Morgan fingerprint density at radius 2 is 2.29 bits per heavy atom. The second-order valence-electron chi connectivity index (χ2n) is 4.46. The van der Waals surface area contributed by atoms with Gasteiger partial charge in [-0.05, 0) is 19.1 Å². The number of aryl methyl sites for hydroxylation is 1. The highest BCUT2D eigenvalue weighted by Gasteiger charge is 2.41. The number of nitrogens with zero attached hydrogens (tertiary/aromatic N) is 1. The maximum absolute atomic E-state index is 11.6. The van der Waals surface area contributed by atoms with Crippen LogP contribution in [-0.4, -0.2) is 28.9 Å². The highest BCUT2D eigenvalue weighted by Crippen LogP contribution is 2.39. The van der Waals surface area contributed by atoms with Gasteiger partial charge in [-0.2, -0.15) is 0 Å². The summed E-state index contributed by atoms with van der Waals surface area (Å²) in [6, 6.07) is 3.38. The first kappa shape index (κ1) is 11.7. The first-order chi connectivity index (χ1) is 7.99. The number of furan rings is 1. The summed E-state index contributed by atoms with van der Waals surface area (Å²) in [5.74, 6) is 0.307. The molecule has 2 atom stereocenters. The molecule has 0 spiro atoms. The fourth-order valence-corrected chi connectivity index (χ4v) is 2.39. The van der Waals surface area contributed by atoms with Crippen molar-refractivity contribution >= 4 is 11.9 Å². The Hall–Kier alpha value is -1.78. The molecule has 0 aromatic carbocycles. The zero-order valence-corrected chi connectivity index (χ0v) is 9.84. The van der Waals surface area contributed by atoms with Crippen LogP contribution < -0.4 is 0 Å². The third-order valence-corrected chi connectivity index (χ3v) is 3.18. The van der Waals surface area contributed by atoms with Crippen molar-refractivity contribution in [2.75, 3.05) is 7.05 Å². The van der Waals surface area contributed by atoms with E-state index in [2.05, 4.69) is 0 Å². The van der Waals surface area contributed by atoms with Crippen LogP contribution in [0.2, 0.25) is 0 Å². The second kappa shape index (κ2) is 4.24. The van der Waals surface area contributed by atoms with Crippen molar-refractivity contribution in [3.8, 4) is 0 Å². The Morgan fingerprint density at radius 1 is 1.59 bits per heavy atom. The topological polar surface area (TPSA) is 70.8 Å². The molecule has 1 aliphatic heterocycles. The van der Waals surface area contributed by atoms with Gasteiger partial charge >= 0.3 is 5.97 Å². The molecule has 0 unspecified atom stereocenters. The van der Waals surface area contributed by atoms with Gasteiger partial charge in [0.15, 0.2) is 0 Å². The van der Waals surface area contributed by atoms with Crippen molar-refractivity contribution in [3.05, 3.63) is 23.7 Å². The van der Waals surface area contributed by atoms with E-state index < -0.39 is 5.97 Å². The normalized spacial score (nSPS) is 24.4. The molecule has 5 heteroatoms. The van der Waals surface area contributed by atoms with Crippen LogP contribution >= 0.6 is 0 Å². The average Bonchev–Trinajstić information content (AvgIpc) is 2.73. The van der Waals surface area contributed by atoms with Gasteiger partial charge < -0.3 is 14.4 Å². The Bertz CT molecular complexity index is 449. The predicted octanol–water partition coefficient (Wildman–Crippen LogP) is 1.58. The van der Waals surface area contributed by atoms with Crippen LogP contribution in [0, 0.1) is 12.8 Å². The van der Waals surface area contributed by atoms with Gasteiger partial charge in [0.25, 0.3) is 0 Å². The minimum Gasteiger partial charge on any atom is -0.481 e. The van der Waals surface area contributed by atoms with Gasteiger partial charge in [-0.15, -0.1) is 0 Å². The molecule has 17 heavy (non-hydrogen) atoms. The van der Waals surface area contributed by atoms with Crippen molar-refractivity contribution in [2.45, 2.75) is 25.8 Å². The second-order valence-corrected chi connectivity index (χ2v) is 4.46. The lowest BCUT2D eigenvalue weighted by atomic mass is 9.95. The van der Waals surface area contributed by atoms with Crippen LogP contribution in [0.5, 0.6) is 0 Å². The van der Waals surface area contributed by atoms with E-state index >= 15 is 0 Å². The lowest BCUT2D eigenvalue weighted by Crippen LogP contribution is -2.24. The summed E-state index contributed by atoms with van der Waals surface area (Å²) < 4.78 is 5.51. The van der Waals surface area contributed by atoms with Crippen LogP contribution in [0.1, 0.15) is 30.4 Å². The maximum atomic E-state index is 11.6. The van der Waals surface area contributed by atoms with E-state index in [1.54, 1.807) is 11.9 Å². The summed E-state index contributed by atoms with van der Waals surface area (Å²) in [6.45, 7) is 1.83. The van der Waals surface area contributed by atoms with Crippen molar-refractivity contribution in [3.63, 3.8) is 0 Å². The molecule has 1 N–H and O–H groups in total. The van der Waals surface area contributed by atoms with E-state index in [0.29, 0.717) is 5.76 Å². The molecule has 1 aromatic rings. The number of hydrogen-bond acceptors (Lipinski definition) is 3. The van der Waals surface area contributed by atoms with E-state index in [-0.39, 0.29) is 30.7 Å². The Balaban J connectivity index is 2.27. The van der Waals surface area contributed by atoms with Crippen LogP contribution in [0.15, 0.2) is 16.5 Å². The van der Waals surface area contributed by atoms with Gasteiger partial charge in [-0.3, -0.25) is 9.59 Å². The Labute approximate surface area is 99.0 Å². The number of likely N-dealkylation sites (tertiary alicyclic amines) is 1. The summed E-state index contributed by atoms with van der Waals surface area (Å²) in [5, 5.41) is 8.86. The number of rotatable bonds is 3. The average molecular weight is 237 g/mol. The number of aliphatic carboxylic acids is 1. The van der Waals surface area contributed by atoms with Gasteiger partial charge in [0.2, 0.25) is 5.91 Å². The number of amides is 1. The van der Waals surface area contributed by atoms with Crippen LogP contribution in [0.3, 0.4) is 0 Å². The third-order valence-electron chi connectivity index (χ3n) is 3.18. The lowest BCUT2D eigenvalue weighted by molar-refractivity contribution is -0.138. The van der Waals surface area contributed by atoms with E-state index in [1.807, 2.05) is 19.1 Å².